The fraction of sp³-hybridized carbons (Fsp3) is 0.136. The van der Waals surface area contributed by atoms with Crippen LogP contribution in [0.2, 0.25) is 5.02 Å². The Labute approximate surface area is 158 Å². The zero-order valence-corrected chi connectivity index (χ0v) is 15.2. The number of anilines is 1. The zero-order chi connectivity index (χ0) is 18.1. The van der Waals surface area contributed by atoms with Crippen LogP contribution in [0.4, 0.5) is 5.69 Å². The first-order chi connectivity index (χ1) is 12.6. The normalized spacial score (nSPS) is 15.8. The number of fused-ring (bicyclic) bond motifs is 1. The molecule has 0 spiro atoms. The molecule has 3 aromatic carbocycles. The molecule has 0 fully saturated rings. The summed E-state index contributed by atoms with van der Waals surface area (Å²) in [6, 6.07) is 23.5. The molecular formula is C22H19ClN2O. The minimum absolute atomic E-state index is 0.0200. The monoisotopic (exact) mass is 362 g/mol. The smallest absolute Gasteiger partial charge is 0.256 e. The molecule has 1 aliphatic rings. The van der Waals surface area contributed by atoms with Crippen molar-refractivity contribution in [2.75, 3.05) is 5.32 Å². The van der Waals surface area contributed by atoms with Crippen molar-refractivity contribution in [3.63, 3.8) is 0 Å². The lowest BCUT2D eigenvalue weighted by molar-refractivity contribution is 0.0729. The molecule has 4 rings (SSSR count). The van der Waals surface area contributed by atoms with Gasteiger partial charge in [-0.1, -0.05) is 66.2 Å². The summed E-state index contributed by atoms with van der Waals surface area (Å²) in [5.41, 5.74) is 4.83. The van der Waals surface area contributed by atoms with Gasteiger partial charge in [-0.2, -0.15) is 0 Å². The van der Waals surface area contributed by atoms with Crippen molar-refractivity contribution in [2.45, 2.75) is 19.6 Å². The van der Waals surface area contributed by atoms with Gasteiger partial charge in [0, 0.05) is 28.4 Å². The Morgan fingerprint density at radius 2 is 1.65 bits per heavy atom. The zero-order valence-electron chi connectivity index (χ0n) is 14.4. The van der Waals surface area contributed by atoms with Crippen LogP contribution in [0.15, 0.2) is 72.8 Å². The van der Waals surface area contributed by atoms with E-state index in [0.717, 1.165) is 27.9 Å². The summed E-state index contributed by atoms with van der Waals surface area (Å²) in [5.74, 6) is 0.0200. The SMILES string of the molecule is Cc1ccccc1NC1c2ccccc2C(=O)N1Cc1ccccc1Cl. The number of hydrogen-bond donors (Lipinski definition) is 1. The van der Waals surface area contributed by atoms with E-state index in [0.29, 0.717) is 11.6 Å². The number of carbonyl (C=O) groups excluding carboxylic acids is 1. The average Bonchev–Trinajstić information content (AvgIpc) is 2.91. The largest absolute Gasteiger partial charge is 0.361 e. The van der Waals surface area contributed by atoms with Crippen LogP contribution in [0.1, 0.15) is 33.2 Å². The predicted molar refractivity (Wildman–Crippen MR) is 105 cm³/mol. The molecule has 0 aliphatic carbocycles. The number of nitrogens with zero attached hydrogens (tertiary/aromatic N) is 1. The van der Waals surface area contributed by atoms with Crippen molar-refractivity contribution in [3.8, 4) is 0 Å². The number of nitrogens with one attached hydrogen (secondary N) is 1. The predicted octanol–water partition coefficient (Wildman–Crippen LogP) is 5.42. The molecule has 1 N–H and O–H groups in total. The molecule has 4 heteroatoms. The summed E-state index contributed by atoms with van der Waals surface area (Å²) >= 11 is 6.34. The Morgan fingerprint density at radius 1 is 0.962 bits per heavy atom. The fourth-order valence-electron chi connectivity index (χ4n) is 3.38. The number of carbonyl (C=O) groups is 1. The van der Waals surface area contributed by atoms with Gasteiger partial charge in [0.15, 0.2) is 0 Å². The van der Waals surface area contributed by atoms with E-state index in [9.17, 15) is 4.79 Å². The molecule has 0 aromatic heterocycles. The van der Waals surface area contributed by atoms with Crippen LogP contribution in [0, 0.1) is 6.92 Å². The lowest BCUT2D eigenvalue weighted by Crippen LogP contribution is -2.32. The van der Waals surface area contributed by atoms with Gasteiger partial charge in [-0.3, -0.25) is 4.79 Å². The summed E-state index contributed by atoms with van der Waals surface area (Å²) in [4.78, 5) is 14.9. The molecule has 1 atom stereocenters. The van der Waals surface area contributed by atoms with Gasteiger partial charge in [0.1, 0.15) is 6.17 Å². The average molecular weight is 363 g/mol. The van der Waals surface area contributed by atoms with Gasteiger partial charge in [0.05, 0.1) is 0 Å². The summed E-state index contributed by atoms with van der Waals surface area (Å²) in [6.07, 6.45) is -0.226. The lowest BCUT2D eigenvalue weighted by atomic mass is 10.1. The Morgan fingerprint density at radius 3 is 2.46 bits per heavy atom. The highest BCUT2D eigenvalue weighted by molar-refractivity contribution is 6.31. The Bertz CT molecular complexity index is 970. The van der Waals surface area contributed by atoms with E-state index >= 15 is 0 Å². The topological polar surface area (TPSA) is 32.3 Å². The Hall–Kier alpha value is -2.78. The third kappa shape index (κ3) is 2.95. The first kappa shape index (κ1) is 16.7. The summed E-state index contributed by atoms with van der Waals surface area (Å²) in [5, 5.41) is 4.22. The van der Waals surface area contributed by atoms with Gasteiger partial charge in [0.2, 0.25) is 0 Å². The molecule has 0 bridgehead atoms. The Balaban J connectivity index is 1.73. The van der Waals surface area contributed by atoms with Gasteiger partial charge in [-0.05, 0) is 36.2 Å². The highest BCUT2D eigenvalue weighted by Crippen LogP contribution is 2.36. The molecule has 1 aliphatic heterocycles. The molecule has 3 nitrogen and oxygen atoms in total. The molecule has 26 heavy (non-hydrogen) atoms. The maximum Gasteiger partial charge on any atom is 0.256 e. The molecule has 130 valence electrons. The second-order valence-electron chi connectivity index (χ2n) is 6.47. The van der Waals surface area contributed by atoms with Gasteiger partial charge >= 0.3 is 0 Å². The van der Waals surface area contributed by atoms with Crippen LogP contribution in [0.5, 0.6) is 0 Å². The molecule has 3 aromatic rings. The van der Waals surface area contributed by atoms with Crippen molar-refractivity contribution < 1.29 is 4.79 Å². The van der Waals surface area contributed by atoms with Crippen LogP contribution in [0.25, 0.3) is 0 Å². The number of halogens is 1. The minimum Gasteiger partial charge on any atom is -0.361 e. The van der Waals surface area contributed by atoms with E-state index in [1.54, 1.807) is 0 Å². The van der Waals surface area contributed by atoms with Crippen LogP contribution >= 0.6 is 11.6 Å². The Kier molecular flexibility index (Phi) is 4.39. The van der Waals surface area contributed by atoms with E-state index in [1.165, 1.54) is 0 Å². The first-order valence-electron chi connectivity index (χ1n) is 8.60. The number of para-hydroxylation sites is 1. The van der Waals surface area contributed by atoms with Gasteiger partial charge in [0.25, 0.3) is 5.91 Å². The van der Waals surface area contributed by atoms with Crippen molar-refractivity contribution in [1.82, 2.24) is 4.90 Å². The number of benzene rings is 3. The number of amides is 1. The van der Waals surface area contributed by atoms with Crippen LogP contribution in [0.3, 0.4) is 0 Å². The summed E-state index contributed by atoms with van der Waals surface area (Å²) < 4.78 is 0. The van der Waals surface area contributed by atoms with Crippen molar-refractivity contribution >= 4 is 23.2 Å². The first-order valence-corrected chi connectivity index (χ1v) is 8.98. The van der Waals surface area contributed by atoms with Crippen molar-refractivity contribution in [2.24, 2.45) is 0 Å². The summed E-state index contributed by atoms with van der Waals surface area (Å²) in [7, 11) is 0. The minimum atomic E-state index is -0.226. The molecule has 1 heterocycles. The van der Waals surface area contributed by atoms with E-state index in [1.807, 2.05) is 71.6 Å². The number of aryl methyl sites for hydroxylation is 1. The second-order valence-corrected chi connectivity index (χ2v) is 6.88. The highest BCUT2D eigenvalue weighted by atomic mass is 35.5. The third-order valence-corrected chi connectivity index (χ3v) is 5.16. The van der Waals surface area contributed by atoms with Crippen LogP contribution < -0.4 is 5.32 Å². The molecule has 1 amide bonds. The maximum atomic E-state index is 13.0. The second kappa shape index (κ2) is 6.85. The molecule has 1 unspecified atom stereocenters. The maximum absolute atomic E-state index is 13.0. The van der Waals surface area contributed by atoms with E-state index in [-0.39, 0.29) is 12.1 Å². The van der Waals surface area contributed by atoms with Crippen LogP contribution in [-0.2, 0) is 6.54 Å². The number of rotatable bonds is 4. The number of hydrogen-bond acceptors (Lipinski definition) is 2. The van der Waals surface area contributed by atoms with Gasteiger partial charge < -0.3 is 10.2 Å². The molecule has 0 saturated heterocycles. The van der Waals surface area contributed by atoms with E-state index in [2.05, 4.69) is 18.3 Å². The standard InChI is InChI=1S/C22H19ClN2O/c1-15-8-2-7-13-20(15)24-21-17-10-4-5-11-18(17)22(26)25(21)14-16-9-3-6-12-19(16)23/h2-13,21,24H,14H2,1H3. The molecule has 0 saturated carbocycles. The fourth-order valence-corrected chi connectivity index (χ4v) is 3.58. The van der Waals surface area contributed by atoms with Crippen molar-refractivity contribution in [1.29, 1.82) is 0 Å². The highest BCUT2D eigenvalue weighted by Gasteiger charge is 2.36. The van der Waals surface area contributed by atoms with Gasteiger partial charge in [-0.25, -0.2) is 0 Å². The molecule has 0 radical (unpaired) electrons. The van der Waals surface area contributed by atoms with Crippen molar-refractivity contribution in [3.05, 3.63) is 100 Å². The summed E-state index contributed by atoms with van der Waals surface area (Å²) in [6.45, 7) is 2.51. The van der Waals surface area contributed by atoms with E-state index < -0.39 is 0 Å². The lowest BCUT2D eigenvalue weighted by Gasteiger charge is -2.28. The third-order valence-electron chi connectivity index (χ3n) is 4.79. The van der Waals surface area contributed by atoms with Crippen LogP contribution in [-0.4, -0.2) is 10.8 Å². The molecular weight excluding hydrogens is 344 g/mol. The van der Waals surface area contributed by atoms with Gasteiger partial charge in [-0.15, -0.1) is 0 Å². The quantitative estimate of drug-likeness (QED) is 0.672. The van der Waals surface area contributed by atoms with E-state index in [4.69, 9.17) is 11.6 Å².